The minimum absolute atomic E-state index is 0.00944. The largest absolute Gasteiger partial charge is 0.497 e. The summed E-state index contributed by atoms with van der Waals surface area (Å²) in [5.41, 5.74) is 0.0966. The molecule has 0 atom stereocenters. The van der Waals surface area contributed by atoms with Gasteiger partial charge in [0.1, 0.15) is 18.1 Å². The molecule has 29 heavy (non-hydrogen) atoms. The number of carbonyl (C=O) groups is 1. The molecule has 0 aromatic heterocycles. The van der Waals surface area contributed by atoms with E-state index in [4.69, 9.17) is 18.9 Å². The highest BCUT2D eigenvalue weighted by Crippen LogP contribution is 2.38. The zero-order valence-corrected chi connectivity index (χ0v) is 16.0. The van der Waals surface area contributed by atoms with Gasteiger partial charge in [-0.05, 0) is 36.4 Å². The maximum absolute atomic E-state index is 12.3. The first kappa shape index (κ1) is 20.0. The Balaban J connectivity index is 1.57. The van der Waals surface area contributed by atoms with Gasteiger partial charge in [-0.1, -0.05) is 0 Å². The van der Waals surface area contributed by atoms with Crippen molar-refractivity contribution in [2.45, 2.75) is 0 Å². The molecule has 1 aliphatic heterocycles. The third-order valence-electron chi connectivity index (χ3n) is 4.26. The van der Waals surface area contributed by atoms with E-state index in [9.17, 15) is 14.9 Å². The summed E-state index contributed by atoms with van der Waals surface area (Å²) in [6.07, 6.45) is 2.67. The molecule has 0 unspecified atom stereocenters. The number of benzene rings is 2. The Hall–Kier alpha value is -3.75. The Morgan fingerprint density at radius 2 is 1.86 bits per heavy atom. The lowest BCUT2D eigenvalue weighted by Gasteiger charge is -2.15. The molecule has 2 aromatic carbocycles. The lowest BCUT2D eigenvalue weighted by Crippen LogP contribution is -2.29. The molecular weight excluding hydrogens is 380 g/mol. The number of methoxy groups -OCH3 is 1. The minimum Gasteiger partial charge on any atom is -0.497 e. The Kier molecular flexibility index (Phi) is 6.18. The third kappa shape index (κ3) is 4.95. The second kappa shape index (κ2) is 8.96. The minimum atomic E-state index is -0.529. The van der Waals surface area contributed by atoms with Crippen LogP contribution >= 0.6 is 0 Å². The van der Waals surface area contributed by atoms with Gasteiger partial charge in [-0.25, -0.2) is 0 Å². The van der Waals surface area contributed by atoms with Crippen molar-refractivity contribution in [1.82, 2.24) is 4.90 Å². The van der Waals surface area contributed by atoms with E-state index in [1.807, 2.05) is 0 Å². The van der Waals surface area contributed by atoms with Crippen LogP contribution in [0.2, 0.25) is 0 Å². The lowest BCUT2D eigenvalue weighted by molar-refractivity contribution is -0.385. The zero-order valence-electron chi connectivity index (χ0n) is 16.0. The molecule has 0 N–H and O–H groups in total. The number of nitro groups is 1. The van der Waals surface area contributed by atoms with Crippen molar-refractivity contribution in [3.05, 3.63) is 58.2 Å². The molecule has 1 heterocycles. The summed E-state index contributed by atoms with van der Waals surface area (Å²) in [6.45, 7) is 0.653. The van der Waals surface area contributed by atoms with E-state index < -0.39 is 4.92 Å². The fourth-order valence-electron chi connectivity index (χ4n) is 2.61. The van der Waals surface area contributed by atoms with E-state index >= 15 is 0 Å². The predicted molar refractivity (Wildman–Crippen MR) is 104 cm³/mol. The van der Waals surface area contributed by atoms with Crippen molar-refractivity contribution in [3.8, 4) is 23.0 Å². The molecule has 9 nitrogen and oxygen atoms in total. The number of fused-ring (bicyclic) bond motifs is 1. The monoisotopic (exact) mass is 400 g/mol. The van der Waals surface area contributed by atoms with Gasteiger partial charge in [0.2, 0.25) is 12.7 Å². The van der Waals surface area contributed by atoms with Gasteiger partial charge in [0.25, 0.3) is 5.69 Å². The number of hydrogen-bond acceptors (Lipinski definition) is 7. The first-order valence-corrected chi connectivity index (χ1v) is 8.76. The van der Waals surface area contributed by atoms with Crippen molar-refractivity contribution in [2.75, 3.05) is 34.1 Å². The van der Waals surface area contributed by atoms with E-state index in [0.29, 0.717) is 30.4 Å². The fourth-order valence-corrected chi connectivity index (χ4v) is 2.61. The Morgan fingerprint density at radius 1 is 1.21 bits per heavy atom. The smallest absolute Gasteiger partial charge is 0.280 e. The molecule has 152 valence electrons. The van der Waals surface area contributed by atoms with E-state index in [-0.39, 0.29) is 24.0 Å². The average molecular weight is 400 g/mol. The summed E-state index contributed by atoms with van der Waals surface area (Å²) in [5, 5.41) is 11.3. The molecular formula is C20H20N2O7. The summed E-state index contributed by atoms with van der Waals surface area (Å²) < 4.78 is 21.1. The zero-order chi connectivity index (χ0) is 20.8. The van der Waals surface area contributed by atoms with Gasteiger partial charge >= 0.3 is 0 Å². The molecule has 1 amide bonds. The first-order chi connectivity index (χ1) is 14.0. The van der Waals surface area contributed by atoms with Crippen LogP contribution < -0.4 is 18.9 Å². The molecule has 0 spiro atoms. The molecule has 0 saturated heterocycles. The number of amides is 1. The second-order valence-electron chi connectivity index (χ2n) is 6.14. The molecule has 0 saturated carbocycles. The Bertz CT molecular complexity index is 925. The molecule has 3 rings (SSSR count). The van der Waals surface area contributed by atoms with Gasteiger partial charge < -0.3 is 23.8 Å². The number of carbonyl (C=O) groups excluding carboxylic acids is 1. The van der Waals surface area contributed by atoms with Crippen molar-refractivity contribution in [3.63, 3.8) is 0 Å². The SMILES string of the molecule is COc1ccc(OCCN(C)C(=O)/C=C/c2cc3c(cc2[N+](=O)[O-])OCO3)cc1. The van der Waals surface area contributed by atoms with Gasteiger partial charge in [-0.15, -0.1) is 0 Å². The highest BCUT2D eigenvalue weighted by atomic mass is 16.7. The molecule has 0 radical (unpaired) electrons. The lowest BCUT2D eigenvalue weighted by atomic mass is 10.1. The number of nitrogens with zero attached hydrogens (tertiary/aromatic N) is 2. The van der Waals surface area contributed by atoms with Crippen LogP contribution in [0.25, 0.3) is 6.08 Å². The highest BCUT2D eigenvalue weighted by molar-refractivity contribution is 5.92. The summed E-state index contributed by atoms with van der Waals surface area (Å²) in [5.74, 6) is 1.80. The Morgan fingerprint density at radius 3 is 2.52 bits per heavy atom. The van der Waals surface area contributed by atoms with Gasteiger partial charge in [0.15, 0.2) is 11.5 Å². The highest BCUT2D eigenvalue weighted by Gasteiger charge is 2.22. The van der Waals surface area contributed by atoms with E-state index in [2.05, 4.69) is 0 Å². The first-order valence-electron chi connectivity index (χ1n) is 8.76. The molecule has 0 bridgehead atoms. The number of ether oxygens (including phenoxy) is 4. The average Bonchev–Trinajstić information content (AvgIpc) is 3.19. The van der Waals surface area contributed by atoms with Crippen molar-refractivity contribution in [2.24, 2.45) is 0 Å². The van der Waals surface area contributed by atoms with Crippen LogP contribution in [-0.4, -0.2) is 49.8 Å². The standard InChI is InChI=1S/C20H20N2O7/c1-21(9-10-27-16-6-4-15(26-2)5-7-16)20(23)8-3-14-11-18-19(29-13-28-18)12-17(14)22(24)25/h3-8,11-12H,9-10,13H2,1-2H3/b8-3+. The summed E-state index contributed by atoms with van der Waals surface area (Å²) in [6, 6.07) is 9.89. The Labute approximate surface area is 167 Å². The summed E-state index contributed by atoms with van der Waals surface area (Å²) in [7, 11) is 3.21. The summed E-state index contributed by atoms with van der Waals surface area (Å²) >= 11 is 0. The van der Waals surface area contributed by atoms with Crippen LogP contribution in [0.5, 0.6) is 23.0 Å². The number of rotatable bonds is 8. The van der Waals surface area contributed by atoms with Crippen LogP contribution in [0.3, 0.4) is 0 Å². The van der Waals surface area contributed by atoms with E-state index in [0.717, 1.165) is 5.75 Å². The molecule has 1 aliphatic rings. The predicted octanol–water partition coefficient (Wildman–Crippen LogP) is 2.88. The fraction of sp³-hybridized carbons (Fsp3) is 0.250. The molecule has 0 fully saturated rings. The van der Waals surface area contributed by atoms with Crippen LogP contribution in [-0.2, 0) is 4.79 Å². The van der Waals surface area contributed by atoms with E-state index in [1.54, 1.807) is 38.4 Å². The maximum Gasteiger partial charge on any atom is 0.280 e. The molecule has 2 aromatic rings. The number of hydrogen-bond donors (Lipinski definition) is 0. The molecule has 9 heteroatoms. The molecule has 0 aliphatic carbocycles. The summed E-state index contributed by atoms with van der Waals surface area (Å²) in [4.78, 5) is 24.5. The van der Waals surface area contributed by atoms with Crippen molar-refractivity contribution >= 4 is 17.7 Å². The normalized spacial score (nSPS) is 12.1. The van der Waals surface area contributed by atoms with Crippen molar-refractivity contribution < 1.29 is 28.7 Å². The number of nitro benzene ring substituents is 1. The maximum atomic E-state index is 12.3. The quantitative estimate of drug-likeness (QED) is 0.381. The van der Waals surface area contributed by atoms with Crippen LogP contribution in [0.4, 0.5) is 5.69 Å². The number of likely N-dealkylation sites (N-methyl/N-ethyl adjacent to an activating group) is 1. The van der Waals surface area contributed by atoms with Crippen LogP contribution in [0.15, 0.2) is 42.5 Å². The van der Waals surface area contributed by atoms with Crippen LogP contribution in [0.1, 0.15) is 5.56 Å². The van der Waals surface area contributed by atoms with E-state index in [1.165, 1.54) is 29.2 Å². The van der Waals surface area contributed by atoms with Gasteiger partial charge in [0, 0.05) is 13.1 Å². The van der Waals surface area contributed by atoms with Crippen molar-refractivity contribution in [1.29, 1.82) is 0 Å². The van der Waals surface area contributed by atoms with Gasteiger partial charge in [-0.2, -0.15) is 0 Å². The van der Waals surface area contributed by atoms with Crippen LogP contribution in [0, 0.1) is 10.1 Å². The van der Waals surface area contributed by atoms with Gasteiger partial charge in [-0.3, -0.25) is 14.9 Å². The van der Waals surface area contributed by atoms with Gasteiger partial charge in [0.05, 0.1) is 30.2 Å². The second-order valence-corrected chi connectivity index (χ2v) is 6.14. The third-order valence-corrected chi connectivity index (χ3v) is 4.26. The topological polar surface area (TPSA) is 100 Å².